The van der Waals surface area contributed by atoms with E-state index >= 15 is 0 Å². The Morgan fingerprint density at radius 2 is 1.81 bits per heavy atom. The van der Waals surface area contributed by atoms with Gasteiger partial charge in [0, 0.05) is 6.54 Å². The number of amides is 1. The molecule has 1 amide bonds. The standard InChI is InChI=1S/C13H11BrF5NO/c14-11-8(16)5-4-7(15)10(11)12(21)20-6-2-1-3-9(20)13(17,18)19/h4-5,9H,1-3,6H2. The Kier molecular flexibility index (Phi) is 4.55. The van der Waals surface area contributed by atoms with Crippen LogP contribution in [-0.4, -0.2) is 29.6 Å². The van der Waals surface area contributed by atoms with E-state index in [1.165, 1.54) is 0 Å². The van der Waals surface area contributed by atoms with E-state index < -0.39 is 39.8 Å². The average molecular weight is 372 g/mol. The number of halogens is 6. The van der Waals surface area contributed by atoms with Crippen molar-refractivity contribution < 1.29 is 26.7 Å². The molecule has 2 nitrogen and oxygen atoms in total. The summed E-state index contributed by atoms with van der Waals surface area (Å²) < 4.78 is 65.6. The van der Waals surface area contributed by atoms with Crippen molar-refractivity contribution in [2.24, 2.45) is 0 Å². The molecule has 1 saturated heterocycles. The number of piperidine rings is 1. The van der Waals surface area contributed by atoms with Crippen LogP contribution in [0.2, 0.25) is 0 Å². The lowest BCUT2D eigenvalue weighted by molar-refractivity contribution is -0.183. The van der Waals surface area contributed by atoms with Gasteiger partial charge in [-0.1, -0.05) is 0 Å². The van der Waals surface area contributed by atoms with Gasteiger partial charge in [0.15, 0.2) is 0 Å². The first-order valence-electron chi connectivity index (χ1n) is 6.24. The molecule has 2 rings (SSSR count). The van der Waals surface area contributed by atoms with Gasteiger partial charge in [0.05, 0.1) is 10.0 Å². The number of carbonyl (C=O) groups is 1. The van der Waals surface area contributed by atoms with E-state index in [9.17, 15) is 26.7 Å². The third kappa shape index (κ3) is 3.20. The maximum atomic E-state index is 13.7. The Hall–Kier alpha value is -1.18. The Balaban J connectivity index is 2.41. The van der Waals surface area contributed by atoms with Crippen LogP contribution in [0.5, 0.6) is 0 Å². The number of benzene rings is 1. The molecule has 21 heavy (non-hydrogen) atoms. The first-order valence-corrected chi connectivity index (χ1v) is 7.04. The van der Waals surface area contributed by atoms with Crippen LogP contribution in [-0.2, 0) is 0 Å². The van der Waals surface area contributed by atoms with Crippen molar-refractivity contribution in [3.63, 3.8) is 0 Å². The molecule has 116 valence electrons. The van der Waals surface area contributed by atoms with E-state index in [4.69, 9.17) is 0 Å². The van der Waals surface area contributed by atoms with Crippen molar-refractivity contribution in [3.05, 3.63) is 33.8 Å². The zero-order valence-electron chi connectivity index (χ0n) is 10.7. The van der Waals surface area contributed by atoms with Crippen molar-refractivity contribution in [1.29, 1.82) is 0 Å². The molecule has 1 atom stereocenters. The average Bonchev–Trinajstić information content (AvgIpc) is 2.42. The monoisotopic (exact) mass is 371 g/mol. The van der Waals surface area contributed by atoms with E-state index in [1.807, 2.05) is 0 Å². The Labute approximate surface area is 126 Å². The van der Waals surface area contributed by atoms with E-state index in [0.717, 1.165) is 12.1 Å². The summed E-state index contributed by atoms with van der Waals surface area (Å²) in [5.41, 5.74) is -0.703. The highest BCUT2D eigenvalue weighted by atomic mass is 79.9. The lowest BCUT2D eigenvalue weighted by Crippen LogP contribution is -2.51. The summed E-state index contributed by atoms with van der Waals surface area (Å²) in [4.78, 5) is 12.8. The van der Waals surface area contributed by atoms with Crippen molar-refractivity contribution in [1.82, 2.24) is 4.90 Å². The summed E-state index contributed by atoms with van der Waals surface area (Å²) in [6, 6.07) is -0.443. The molecular formula is C13H11BrF5NO. The molecule has 1 heterocycles. The van der Waals surface area contributed by atoms with Gasteiger partial charge in [0.2, 0.25) is 0 Å². The molecule has 0 aliphatic carbocycles. The fourth-order valence-electron chi connectivity index (χ4n) is 2.38. The molecule has 8 heteroatoms. The van der Waals surface area contributed by atoms with Crippen molar-refractivity contribution in [2.45, 2.75) is 31.5 Å². The smallest absolute Gasteiger partial charge is 0.326 e. The molecule has 0 saturated carbocycles. The summed E-state index contributed by atoms with van der Waals surface area (Å²) in [5.74, 6) is -3.11. The molecule has 0 spiro atoms. The van der Waals surface area contributed by atoms with Crippen LogP contribution in [0.15, 0.2) is 16.6 Å². The summed E-state index contributed by atoms with van der Waals surface area (Å²) in [6.45, 7) is -0.134. The topological polar surface area (TPSA) is 20.3 Å². The fourth-order valence-corrected chi connectivity index (χ4v) is 2.87. The highest BCUT2D eigenvalue weighted by Crippen LogP contribution is 2.34. The van der Waals surface area contributed by atoms with Crippen molar-refractivity contribution in [2.75, 3.05) is 6.54 Å². The summed E-state index contributed by atoms with van der Waals surface area (Å²) in [6.07, 6.45) is -4.09. The highest BCUT2D eigenvalue weighted by molar-refractivity contribution is 9.10. The van der Waals surface area contributed by atoms with Gasteiger partial charge in [-0.2, -0.15) is 13.2 Å². The van der Waals surface area contributed by atoms with Gasteiger partial charge in [-0.05, 0) is 47.3 Å². The van der Waals surface area contributed by atoms with Crippen LogP contribution in [0.25, 0.3) is 0 Å². The highest BCUT2D eigenvalue weighted by Gasteiger charge is 2.47. The van der Waals surface area contributed by atoms with Crippen LogP contribution >= 0.6 is 15.9 Å². The number of carbonyl (C=O) groups excluding carboxylic acids is 1. The molecule has 0 N–H and O–H groups in total. The molecule has 1 aliphatic heterocycles. The zero-order valence-corrected chi connectivity index (χ0v) is 12.3. The molecule has 1 unspecified atom stereocenters. The second-order valence-electron chi connectivity index (χ2n) is 4.77. The maximum absolute atomic E-state index is 13.7. The number of hydrogen-bond donors (Lipinski definition) is 0. The third-order valence-corrected chi connectivity index (χ3v) is 4.17. The minimum Gasteiger partial charge on any atom is -0.326 e. The van der Waals surface area contributed by atoms with E-state index in [-0.39, 0.29) is 13.0 Å². The largest absolute Gasteiger partial charge is 0.408 e. The Morgan fingerprint density at radius 3 is 2.43 bits per heavy atom. The maximum Gasteiger partial charge on any atom is 0.408 e. The van der Waals surface area contributed by atoms with E-state index in [2.05, 4.69) is 15.9 Å². The molecule has 1 aromatic carbocycles. The van der Waals surface area contributed by atoms with Gasteiger partial charge in [0.25, 0.3) is 5.91 Å². The van der Waals surface area contributed by atoms with Gasteiger partial charge in [-0.15, -0.1) is 0 Å². The van der Waals surface area contributed by atoms with Crippen LogP contribution in [0.1, 0.15) is 29.6 Å². The van der Waals surface area contributed by atoms with Gasteiger partial charge in [0.1, 0.15) is 17.7 Å². The molecule has 1 aliphatic rings. The quantitative estimate of drug-likeness (QED) is 0.532. The van der Waals surface area contributed by atoms with Crippen LogP contribution in [0.3, 0.4) is 0 Å². The fraction of sp³-hybridized carbons (Fsp3) is 0.462. The number of likely N-dealkylation sites (tertiary alicyclic amines) is 1. The Morgan fingerprint density at radius 1 is 1.19 bits per heavy atom. The first kappa shape index (κ1) is 16.2. The predicted molar refractivity (Wildman–Crippen MR) is 68.8 cm³/mol. The van der Waals surface area contributed by atoms with Gasteiger partial charge >= 0.3 is 6.18 Å². The van der Waals surface area contributed by atoms with Crippen LogP contribution in [0, 0.1) is 11.6 Å². The second kappa shape index (κ2) is 5.90. The number of rotatable bonds is 1. The SMILES string of the molecule is O=C(c1c(F)ccc(F)c1Br)N1CCCCC1C(F)(F)F. The van der Waals surface area contributed by atoms with Crippen molar-refractivity contribution in [3.8, 4) is 0 Å². The normalized spacial score (nSPS) is 19.7. The molecule has 0 aromatic heterocycles. The number of hydrogen-bond acceptors (Lipinski definition) is 1. The van der Waals surface area contributed by atoms with Crippen molar-refractivity contribution >= 4 is 21.8 Å². The molecule has 0 radical (unpaired) electrons. The summed E-state index contributed by atoms with van der Waals surface area (Å²) >= 11 is 2.72. The number of alkyl halides is 3. The van der Waals surface area contributed by atoms with Crippen LogP contribution < -0.4 is 0 Å². The molecule has 1 fully saturated rings. The van der Waals surface area contributed by atoms with E-state index in [1.54, 1.807) is 0 Å². The molecule has 0 bridgehead atoms. The second-order valence-corrected chi connectivity index (χ2v) is 5.56. The first-order chi connectivity index (χ1) is 9.73. The minimum atomic E-state index is -4.59. The van der Waals surface area contributed by atoms with Gasteiger partial charge in [-0.3, -0.25) is 4.79 Å². The zero-order chi connectivity index (χ0) is 15.8. The predicted octanol–water partition coefficient (Wildman–Crippen LogP) is 4.28. The molecule has 1 aromatic rings. The van der Waals surface area contributed by atoms with Crippen LogP contribution in [0.4, 0.5) is 22.0 Å². The van der Waals surface area contributed by atoms with Gasteiger partial charge in [-0.25, -0.2) is 8.78 Å². The molecular weight excluding hydrogens is 361 g/mol. The lowest BCUT2D eigenvalue weighted by atomic mass is 10.00. The minimum absolute atomic E-state index is 0.134. The summed E-state index contributed by atoms with van der Waals surface area (Å²) in [5, 5.41) is 0. The third-order valence-electron chi connectivity index (χ3n) is 3.40. The van der Waals surface area contributed by atoms with E-state index in [0.29, 0.717) is 17.7 Å². The number of nitrogens with zero attached hydrogens (tertiary/aromatic N) is 1. The summed E-state index contributed by atoms with van der Waals surface area (Å²) in [7, 11) is 0. The van der Waals surface area contributed by atoms with Gasteiger partial charge < -0.3 is 4.90 Å². The lowest BCUT2D eigenvalue weighted by Gasteiger charge is -2.37. The Bertz CT molecular complexity index is 560.